The lowest BCUT2D eigenvalue weighted by Crippen LogP contribution is -2.29. The van der Waals surface area contributed by atoms with E-state index < -0.39 is 0 Å². The molecule has 0 bridgehead atoms. The molecule has 1 N–H and O–H groups in total. The second kappa shape index (κ2) is 4.42. The van der Waals surface area contributed by atoms with Gasteiger partial charge in [-0.25, -0.2) is 0 Å². The van der Waals surface area contributed by atoms with Crippen LogP contribution in [0.5, 0.6) is 0 Å². The van der Waals surface area contributed by atoms with Crippen LogP contribution in [-0.2, 0) is 13.5 Å². The Hall–Kier alpha value is -1.09. The average molecular weight is 193 g/mol. The van der Waals surface area contributed by atoms with Crippen LogP contribution in [-0.4, -0.2) is 23.4 Å². The van der Waals surface area contributed by atoms with Gasteiger partial charge in [-0.2, -0.15) is 5.10 Å². The molecule has 1 heterocycles. The number of hydrogen-bond donors (Lipinski definition) is 1. The van der Waals surface area contributed by atoms with Gasteiger partial charge in [-0.15, -0.1) is 6.58 Å². The minimum absolute atomic E-state index is 0.109. The SMILES string of the molecule is C=CC(C)(CNC)Cc1cnn(C)c1. The number of nitrogens with zero attached hydrogens (tertiary/aromatic N) is 2. The number of aromatic nitrogens is 2. The molecule has 1 aromatic rings. The molecule has 0 radical (unpaired) electrons. The van der Waals surface area contributed by atoms with Crippen LogP contribution < -0.4 is 5.32 Å². The van der Waals surface area contributed by atoms with E-state index in [9.17, 15) is 0 Å². The Morgan fingerprint density at radius 2 is 2.43 bits per heavy atom. The summed E-state index contributed by atoms with van der Waals surface area (Å²) in [5.41, 5.74) is 1.36. The molecule has 0 saturated carbocycles. The van der Waals surface area contributed by atoms with Gasteiger partial charge in [-0.05, 0) is 19.0 Å². The summed E-state index contributed by atoms with van der Waals surface area (Å²) in [4.78, 5) is 0. The molecule has 0 fully saturated rings. The van der Waals surface area contributed by atoms with Crippen molar-refractivity contribution in [2.75, 3.05) is 13.6 Å². The zero-order valence-electron chi connectivity index (χ0n) is 9.25. The van der Waals surface area contributed by atoms with Gasteiger partial charge in [-0.1, -0.05) is 13.0 Å². The highest BCUT2D eigenvalue weighted by Gasteiger charge is 2.20. The van der Waals surface area contributed by atoms with Crippen LogP contribution in [0, 0.1) is 5.41 Å². The number of hydrogen-bond acceptors (Lipinski definition) is 2. The highest BCUT2D eigenvalue weighted by atomic mass is 15.2. The summed E-state index contributed by atoms with van der Waals surface area (Å²) in [5.74, 6) is 0. The third-order valence-corrected chi connectivity index (χ3v) is 2.44. The molecule has 78 valence electrons. The molecule has 1 aromatic heterocycles. The number of nitrogens with one attached hydrogen (secondary N) is 1. The van der Waals surface area contributed by atoms with Gasteiger partial charge in [0, 0.05) is 25.2 Å². The Balaban J connectivity index is 2.69. The Morgan fingerprint density at radius 3 is 2.86 bits per heavy atom. The normalized spacial score (nSPS) is 15.1. The predicted molar refractivity (Wildman–Crippen MR) is 59.1 cm³/mol. The Morgan fingerprint density at radius 1 is 1.71 bits per heavy atom. The van der Waals surface area contributed by atoms with Gasteiger partial charge >= 0.3 is 0 Å². The highest BCUT2D eigenvalue weighted by molar-refractivity contribution is 5.10. The molecular weight excluding hydrogens is 174 g/mol. The van der Waals surface area contributed by atoms with E-state index in [1.807, 2.05) is 31.1 Å². The summed E-state index contributed by atoms with van der Waals surface area (Å²) in [5, 5.41) is 7.34. The first kappa shape index (κ1) is 11.0. The Kier molecular flexibility index (Phi) is 3.47. The van der Waals surface area contributed by atoms with Crippen LogP contribution in [0.2, 0.25) is 0 Å². The third-order valence-electron chi connectivity index (χ3n) is 2.44. The summed E-state index contributed by atoms with van der Waals surface area (Å²) in [7, 11) is 3.90. The van der Waals surface area contributed by atoms with E-state index in [0.717, 1.165) is 13.0 Å². The fourth-order valence-corrected chi connectivity index (χ4v) is 1.64. The molecular formula is C11H19N3. The summed E-state index contributed by atoms with van der Waals surface area (Å²) in [6.45, 7) is 7.02. The molecule has 1 rings (SSSR count). The molecule has 0 aliphatic heterocycles. The summed E-state index contributed by atoms with van der Waals surface area (Å²) in [6.07, 6.45) is 6.95. The van der Waals surface area contributed by atoms with E-state index in [1.165, 1.54) is 5.56 Å². The molecule has 3 heteroatoms. The summed E-state index contributed by atoms with van der Waals surface area (Å²) >= 11 is 0. The Bertz CT molecular complexity index is 303. The van der Waals surface area contributed by atoms with Crippen molar-refractivity contribution < 1.29 is 0 Å². The summed E-state index contributed by atoms with van der Waals surface area (Å²) < 4.78 is 1.83. The van der Waals surface area contributed by atoms with Gasteiger partial charge < -0.3 is 5.32 Å². The van der Waals surface area contributed by atoms with Gasteiger partial charge in [0.15, 0.2) is 0 Å². The van der Waals surface area contributed by atoms with Crippen molar-refractivity contribution >= 4 is 0 Å². The largest absolute Gasteiger partial charge is 0.319 e. The standard InChI is InChI=1S/C11H19N3/c1-5-11(2,9-12-3)6-10-7-13-14(4)8-10/h5,7-8,12H,1,6,9H2,2-4H3. The number of rotatable bonds is 5. The first-order chi connectivity index (χ1) is 6.59. The lowest BCUT2D eigenvalue weighted by molar-refractivity contribution is 0.406. The first-order valence-corrected chi connectivity index (χ1v) is 4.85. The van der Waals surface area contributed by atoms with Crippen molar-refractivity contribution in [3.8, 4) is 0 Å². The van der Waals surface area contributed by atoms with Crippen molar-refractivity contribution in [2.45, 2.75) is 13.3 Å². The lowest BCUT2D eigenvalue weighted by atomic mass is 9.84. The monoisotopic (exact) mass is 193 g/mol. The van der Waals surface area contributed by atoms with E-state index in [-0.39, 0.29) is 5.41 Å². The van der Waals surface area contributed by atoms with Crippen LogP contribution in [0.15, 0.2) is 25.0 Å². The molecule has 0 aliphatic rings. The van der Waals surface area contributed by atoms with Crippen molar-refractivity contribution in [1.29, 1.82) is 0 Å². The fourth-order valence-electron chi connectivity index (χ4n) is 1.64. The van der Waals surface area contributed by atoms with E-state index in [0.29, 0.717) is 0 Å². The van der Waals surface area contributed by atoms with Crippen LogP contribution in [0.1, 0.15) is 12.5 Å². The molecule has 1 atom stereocenters. The molecule has 0 amide bonds. The molecule has 3 nitrogen and oxygen atoms in total. The van der Waals surface area contributed by atoms with Crippen LogP contribution in [0.3, 0.4) is 0 Å². The lowest BCUT2D eigenvalue weighted by Gasteiger charge is -2.24. The quantitative estimate of drug-likeness (QED) is 0.716. The van der Waals surface area contributed by atoms with E-state index in [2.05, 4.69) is 30.1 Å². The van der Waals surface area contributed by atoms with Gasteiger partial charge in [0.2, 0.25) is 0 Å². The molecule has 0 aliphatic carbocycles. The van der Waals surface area contributed by atoms with Gasteiger partial charge in [0.1, 0.15) is 0 Å². The van der Waals surface area contributed by atoms with Crippen LogP contribution in [0.25, 0.3) is 0 Å². The summed E-state index contributed by atoms with van der Waals surface area (Å²) in [6, 6.07) is 0. The maximum atomic E-state index is 4.16. The zero-order valence-corrected chi connectivity index (χ0v) is 9.25. The zero-order chi connectivity index (χ0) is 10.6. The minimum atomic E-state index is 0.109. The van der Waals surface area contributed by atoms with Crippen molar-refractivity contribution in [1.82, 2.24) is 15.1 Å². The average Bonchev–Trinajstić information content (AvgIpc) is 2.51. The van der Waals surface area contributed by atoms with Gasteiger partial charge in [0.25, 0.3) is 0 Å². The van der Waals surface area contributed by atoms with E-state index in [1.54, 1.807) is 0 Å². The maximum absolute atomic E-state index is 4.16. The van der Waals surface area contributed by atoms with Gasteiger partial charge in [-0.3, -0.25) is 4.68 Å². The maximum Gasteiger partial charge on any atom is 0.0521 e. The second-order valence-electron chi connectivity index (χ2n) is 4.09. The highest BCUT2D eigenvalue weighted by Crippen LogP contribution is 2.22. The molecule has 0 aromatic carbocycles. The predicted octanol–water partition coefficient (Wildman–Crippen LogP) is 1.37. The molecule has 14 heavy (non-hydrogen) atoms. The second-order valence-corrected chi connectivity index (χ2v) is 4.09. The van der Waals surface area contributed by atoms with E-state index in [4.69, 9.17) is 0 Å². The Labute approximate surface area is 85.8 Å². The number of aryl methyl sites for hydroxylation is 1. The van der Waals surface area contributed by atoms with E-state index >= 15 is 0 Å². The van der Waals surface area contributed by atoms with Crippen LogP contribution >= 0.6 is 0 Å². The molecule has 1 unspecified atom stereocenters. The topological polar surface area (TPSA) is 29.9 Å². The van der Waals surface area contributed by atoms with Crippen molar-refractivity contribution in [3.05, 3.63) is 30.6 Å². The van der Waals surface area contributed by atoms with Crippen molar-refractivity contribution in [2.24, 2.45) is 12.5 Å². The molecule has 0 saturated heterocycles. The molecule has 0 spiro atoms. The smallest absolute Gasteiger partial charge is 0.0521 e. The van der Waals surface area contributed by atoms with Crippen molar-refractivity contribution in [3.63, 3.8) is 0 Å². The third kappa shape index (κ3) is 2.70. The first-order valence-electron chi connectivity index (χ1n) is 4.85. The minimum Gasteiger partial charge on any atom is -0.319 e. The fraction of sp³-hybridized carbons (Fsp3) is 0.545. The van der Waals surface area contributed by atoms with Gasteiger partial charge in [0.05, 0.1) is 6.20 Å². The van der Waals surface area contributed by atoms with Crippen LogP contribution in [0.4, 0.5) is 0 Å².